The summed E-state index contributed by atoms with van der Waals surface area (Å²) in [7, 11) is 0. The summed E-state index contributed by atoms with van der Waals surface area (Å²) in [6, 6.07) is 2.10. The fourth-order valence-corrected chi connectivity index (χ4v) is 2.49. The van der Waals surface area contributed by atoms with Crippen LogP contribution in [-0.2, 0) is 0 Å². The van der Waals surface area contributed by atoms with E-state index in [0.29, 0.717) is 11.5 Å². The number of nitrogens with zero attached hydrogens (tertiary/aromatic N) is 2. The molecule has 0 amide bonds. The molecule has 3 heterocycles. The average molecular weight is 231 g/mol. The molecule has 0 aliphatic carbocycles. The molecule has 0 atom stereocenters. The molecule has 0 spiro atoms. The molecule has 0 aliphatic heterocycles. The largest absolute Gasteiger partial charge is 0.321 e. The summed E-state index contributed by atoms with van der Waals surface area (Å²) in [5, 5.41) is 2.10. The minimum Gasteiger partial charge on any atom is -0.321 e. The number of aromatic nitrogens is 3. The smallest absolute Gasteiger partial charge is 0.212 e. The molecular formula is C11H9N3OS. The number of hydrogen-bond acceptors (Lipinski definition) is 3. The summed E-state index contributed by atoms with van der Waals surface area (Å²) in [4.78, 5) is 19.1. The average Bonchev–Trinajstić information content (AvgIpc) is 2.89. The highest BCUT2D eigenvalue weighted by Crippen LogP contribution is 2.26. The van der Waals surface area contributed by atoms with Gasteiger partial charge >= 0.3 is 0 Å². The molecule has 0 bridgehead atoms. The minimum atomic E-state index is 0.538. The lowest BCUT2D eigenvalue weighted by molar-refractivity contribution is 0.111. The first-order chi connectivity index (χ1) is 7.76. The maximum absolute atomic E-state index is 10.6. The van der Waals surface area contributed by atoms with Gasteiger partial charge in [0.05, 0.1) is 10.6 Å². The monoisotopic (exact) mass is 231 g/mol. The first-order valence-electron chi connectivity index (χ1n) is 4.84. The van der Waals surface area contributed by atoms with Gasteiger partial charge in [-0.1, -0.05) is 0 Å². The third kappa shape index (κ3) is 1.37. The number of imidazole rings is 2. The predicted octanol–water partition coefficient (Wildman–Crippen LogP) is 2.51. The van der Waals surface area contributed by atoms with Crippen molar-refractivity contribution < 1.29 is 4.79 Å². The number of aldehydes is 1. The minimum absolute atomic E-state index is 0.538. The highest BCUT2D eigenvalue weighted by atomic mass is 32.1. The van der Waals surface area contributed by atoms with Crippen LogP contribution in [-0.4, -0.2) is 20.7 Å². The van der Waals surface area contributed by atoms with Crippen molar-refractivity contribution in [1.29, 1.82) is 0 Å². The van der Waals surface area contributed by atoms with Crippen LogP contribution in [0.1, 0.15) is 16.1 Å². The van der Waals surface area contributed by atoms with E-state index in [-0.39, 0.29) is 0 Å². The third-order valence-corrected chi connectivity index (χ3v) is 3.45. The zero-order chi connectivity index (χ0) is 11.1. The van der Waals surface area contributed by atoms with Gasteiger partial charge in [0, 0.05) is 12.4 Å². The number of fused-ring (bicyclic) bond motifs is 1. The third-order valence-electron chi connectivity index (χ3n) is 2.38. The number of H-pyrrole nitrogens is 1. The Bertz CT molecular complexity index is 630. The molecule has 4 nitrogen and oxygen atoms in total. The van der Waals surface area contributed by atoms with Gasteiger partial charge in [-0.15, -0.1) is 11.3 Å². The number of aryl methyl sites for hydroxylation is 1. The second-order valence-electron chi connectivity index (χ2n) is 3.67. The van der Waals surface area contributed by atoms with E-state index in [9.17, 15) is 4.79 Å². The molecule has 0 fully saturated rings. The van der Waals surface area contributed by atoms with Crippen LogP contribution in [0.5, 0.6) is 0 Å². The van der Waals surface area contributed by atoms with Crippen LogP contribution in [0.3, 0.4) is 0 Å². The summed E-state index contributed by atoms with van der Waals surface area (Å²) in [6.45, 7) is 2.06. The molecule has 5 heteroatoms. The molecule has 80 valence electrons. The van der Waals surface area contributed by atoms with Gasteiger partial charge in [0.25, 0.3) is 0 Å². The fourth-order valence-electron chi connectivity index (χ4n) is 1.64. The molecule has 16 heavy (non-hydrogen) atoms. The van der Waals surface area contributed by atoms with E-state index in [2.05, 4.69) is 28.3 Å². The maximum atomic E-state index is 10.6. The van der Waals surface area contributed by atoms with Crippen molar-refractivity contribution >= 4 is 23.4 Å². The van der Waals surface area contributed by atoms with Crippen LogP contribution in [0.4, 0.5) is 0 Å². The number of aromatic amines is 1. The van der Waals surface area contributed by atoms with E-state index in [1.807, 2.05) is 10.6 Å². The number of thiophene rings is 1. The van der Waals surface area contributed by atoms with E-state index >= 15 is 0 Å². The van der Waals surface area contributed by atoms with Crippen molar-refractivity contribution in [3.05, 3.63) is 35.1 Å². The second-order valence-corrected chi connectivity index (χ2v) is 4.58. The Morgan fingerprint density at radius 3 is 3.00 bits per heavy atom. The van der Waals surface area contributed by atoms with Crippen molar-refractivity contribution in [3.8, 4) is 10.6 Å². The molecule has 3 aromatic rings. The van der Waals surface area contributed by atoms with Gasteiger partial charge in [-0.3, -0.25) is 9.20 Å². The van der Waals surface area contributed by atoms with Crippen molar-refractivity contribution in [2.45, 2.75) is 6.92 Å². The van der Waals surface area contributed by atoms with Crippen LogP contribution in [0, 0.1) is 6.92 Å². The predicted molar refractivity (Wildman–Crippen MR) is 63.0 cm³/mol. The summed E-state index contributed by atoms with van der Waals surface area (Å²) >= 11 is 1.67. The fraction of sp³-hybridized carbons (Fsp3) is 0.0909. The molecule has 3 aromatic heterocycles. The highest BCUT2D eigenvalue weighted by Gasteiger charge is 2.08. The van der Waals surface area contributed by atoms with Crippen molar-refractivity contribution in [3.63, 3.8) is 0 Å². The molecule has 0 aromatic carbocycles. The van der Waals surface area contributed by atoms with Crippen molar-refractivity contribution in [2.24, 2.45) is 0 Å². The van der Waals surface area contributed by atoms with Crippen LogP contribution >= 0.6 is 11.3 Å². The lowest BCUT2D eigenvalue weighted by Gasteiger charge is -1.86. The van der Waals surface area contributed by atoms with E-state index < -0.39 is 0 Å². The van der Waals surface area contributed by atoms with Gasteiger partial charge < -0.3 is 4.98 Å². The Kier molecular flexibility index (Phi) is 1.94. The van der Waals surface area contributed by atoms with Gasteiger partial charge in [-0.2, -0.15) is 0 Å². The molecule has 0 unspecified atom stereocenters. The summed E-state index contributed by atoms with van der Waals surface area (Å²) in [6.07, 6.45) is 4.44. The Morgan fingerprint density at radius 2 is 2.38 bits per heavy atom. The van der Waals surface area contributed by atoms with E-state index in [0.717, 1.165) is 16.9 Å². The topological polar surface area (TPSA) is 50.2 Å². The molecular weight excluding hydrogens is 222 g/mol. The van der Waals surface area contributed by atoms with Crippen LogP contribution < -0.4 is 0 Å². The number of carbonyl (C=O) groups is 1. The lowest BCUT2D eigenvalue weighted by Crippen LogP contribution is -1.78. The molecule has 0 saturated carbocycles. The number of hydrogen-bond donors (Lipinski definition) is 1. The second kappa shape index (κ2) is 3.31. The van der Waals surface area contributed by atoms with Crippen molar-refractivity contribution in [2.75, 3.05) is 0 Å². The highest BCUT2D eigenvalue weighted by molar-refractivity contribution is 7.13. The SMILES string of the molecule is Cc1csc(-c2cn3cc(C=O)[nH]c3n2)c1. The Balaban J connectivity index is 2.12. The lowest BCUT2D eigenvalue weighted by atomic mass is 10.3. The molecule has 1 N–H and O–H groups in total. The van der Waals surface area contributed by atoms with Gasteiger partial charge in [-0.25, -0.2) is 4.98 Å². The number of carbonyl (C=O) groups excluding carboxylic acids is 1. The quantitative estimate of drug-likeness (QED) is 0.689. The Morgan fingerprint density at radius 1 is 1.50 bits per heavy atom. The zero-order valence-electron chi connectivity index (χ0n) is 8.60. The van der Waals surface area contributed by atoms with E-state index in [1.165, 1.54) is 5.56 Å². The Labute approximate surface area is 95.6 Å². The van der Waals surface area contributed by atoms with Crippen molar-refractivity contribution in [1.82, 2.24) is 14.4 Å². The standard InChI is InChI=1S/C11H9N3OS/c1-7-2-10(16-6-7)9-4-14-3-8(5-15)12-11(14)13-9/h2-6H,1H3,(H,12,13). The summed E-state index contributed by atoms with van der Waals surface area (Å²) in [5.41, 5.74) is 2.71. The zero-order valence-corrected chi connectivity index (χ0v) is 9.41. The van der Waals surface area contributed by atoms with Crippen LogP contribution in [0.2, 0.25) is 0 Å². The number of rotatable bonds is 2. The van der Waals surface area contributed by atoms with E-state index in [1.54, 1.807) is 17.5 Å². The first-order valence-corrected chi connectivity index (χ1v) is 5.72. The first kappa shape index (κ1) is 9.35. The summed E-state index contributed by atoms with van der Waals surface area (Å²) < 4.78 is 1.83. The molecule has 0 saturated heterocycles. The molecule has 0 aliphatic rings. The van der Waals surface area contributed by atoms with Gasteiger partial charge in [0.15, 0.2) is 6.29 Å². The van der Waals surface area contributed by atoms with Crippen LogP contribution in [0.15, 0.2) is 23.8 Å². The van der Waals surface area contributed by atoms with E-state index in [4.69, 9.17) is 0 Å². The van der Waals surface area contributed by atoms with Gasteiger partial charge in [-0.05, 0) is 23.9 Å². The molecule has 0 radical (unpaired) electrons. The maximum Gasteiger partial charge on any atom is 0.212 e. The number of nitrogens with one attached hydrogen (secondary N) is 1. The van der Waals surface area contributed by atoms with Gasteiger partial charge in [0.2, 0.25) is 5.78 Å². The van der Waals surface area contributed by atoms with Gasteiger partial charge in [0.1, 0.15) is 5.69 Å². The summed E-state index contributed by atoms with van der Waals surface area (Å²) in [5.74, 6) is 0.697. The van der Waals surface area contributed by atoms with Crippen LogP contribution in [0.25, 0.3) is 16.3 Å². The Hall–Kier alpha value is -1.88. The molecule has 3 rings (SSSR count). The normalized spacial score (nSPS) is 11.1.